The summed E-state index contributed by atoms with van der Waals surface area (Å²) in [5.74, 6) is -0.200. The number of primary amides is 1. The van der Waals surface area contributed by atoms with Gasteiger partial charge in [0, 0.05) is 16.8 Å². The summed E-state index contributed by atoms with van der Waals surface area (Å²) in [6.07, 6.45) is 0. The number of morpholine rings is 1. The molecule has 0 radical (unpaired) electrons. The molecule has 2 amide bonds. The summed E-state index contributed by atoms with van der Waals surface area (Å²) < 4.78 is 5.42. The van der Waals surface area contributed by atoms with Gasteiger partial charge in [0.05, 0.1) is 18.7 Å². The summed E-state index contributed by atoms with van der Waals surface area (Å²) in [5.41, 5.74) is 4.93. The summed E-state index contributed by atoms with van der Waals surface area (Å²) in [6.45, 7) is 6.83. The van der Waals surface area contributed by atoms with Crippen LogP contribution in [0.4, 0.5) is 0 Å². The lowest BCUT2D eigenvalue weighted by Gasteiger charge is -2.38. The zero-order valence-corrected chi connectivity index (χ0v) is 12.8. The lowest BCUT2D eigenvalue weighted by molar-refractivity contribution is -0.150. The molecule has 1 aliphatic heterocycles. The molecule has 0 aliphatic carbocycles. The topological polar surface area (TPSA) is 72.6 Å². The zero-order chi connectivity index (χ0) is 14.9. The number of carbonyl (C=O) groups is 2. The van der Waals surface area contributed by atoms with Crippen molar-refractivity contribution >= 4 is 23.2 Å². The molecule has 20 heavy (non-hydrogen) atoms. The molecule has 1 aliphatic rings. The minimum Gasteiger partial charge on any atom is -0.367 e. The van der Waals surface area contributed by atoms with Crippen LogP contribution in [-0.2, 0) is 9.53 Å². The minimum atomic E-state index is -1.09. The Kier molecular flexibility index (Phi) is 4.15. The fourth-order valence-corrected chi connectivity index (χ4v) is 3.04. The van der Waals surface area contributed by atoms with Gasteiger partial charge in [-0.2, -0.15) is 0 Å². The second kappa shape index (κ2) is 5.54. The SMILES string of the molecule is CC(C)c1cc(C(=O)N2CCOC(C)(C(N)=O)C2)cs1. The average Bonchev–Trinajstić information content (AvgIpc) is 2.87. The van der Waals surface area contributed by atoms with E-state index in [0.29, 0.717) is 24.6 Å². The van der Waals surface area contributed by atoms with E-state index in [4.69, 9.17) is 10.5 Å². The van der Waals surface area contributed by atoms with Crippen molar-refractivity contribution in [3.05, 3.63) is 21.9 Å². The third-order valence-electron chi connectivity index (χ3n) is 3.52. The molecular weight excluding hydrogens is 276 g/mol. The van der Waals surface area contributed by atoms with Gasteiger partial charge in [0.15, 0.2) is 5.60 Å². The molecule has 1 saturated heterocycles. The number of thiophene rings is 1. The van der Waals surface area contributed by atoms with Crippen LogP contribution < -0.4 is 5.73 Å². The number of rotatable bonds is 3. The second-order valence-electron chi connectivity index (χ2n) is 5.56. The molecule has 2 N–H and O–H groups in total. The van der Waals surface area contributed by atoms with E-state index in [0.717, 1.165) is 0 Å². The molecule has 1 fully saturated rings. The van der Waals surface area contributed by atoms with Gasteiger partial charge in [-0.1, -0.05) is 13.8 Å². The zero-order valence-electron chi connectivity index (χ0n) is 12.0. The van der Waals surface area contributed by atoms with Gasteiger partial charge in [-0.3, -0.25) is 9.59 Å². The Hall–Kier alpha value is -1.40. The van der Waals surface area contributed by atoms with Crippen LogP contribution in [0.15, 0.2) is 11.4 Å². The average molecular weight is 296 g/mol. The number of carbonyl (C=O) groups excluding carboxylic acids is 2. The van der Waals surface area contributed by atoms with Crippen molar-refractivity contribution in [1.29, 1.82) is 0 Å². The first-order chi connectivity index (χ1) is 9.33. The fourth-order valence-electron chi connectivity index (χ4n) is 2.14. The van der Waals surface area contributed by atoms with E-state index >= 15 is 0 Å². The Balaban J connectivity index is 2.14. The molecule has 1 atom stereocenters. The highest BCUT2D eigenvalue weighted by Crippen LogP contribution is 2.25. The van der Waals surface area contributed by atoms with Crippen LogP contribution in [-0.4, -0.2) is 42.0 Å². The highest BCUT2D eigenvalue weighted by Gasteiger charge is 2.39. The standard InChI is InChI=1S/C14H20N2O3S/c1-9(2)11-6-10(7-20-11)12(17)16-4-5-19-14(3,8-16)13(15)18/h6-7,9H,4-5,8H2,1-3H3,(H2,15,18). The normalized spacial score (nSPS) is 23.1. The molecule has 0 saturated carbocycles. The van der Waals surface area contributed by atoms with Crippen molar-refractivity contribution in [2.45, 2.75) is 32.3 Å². The lowest BCUT2D eigenvalue weighted by Crippen LogP contribution is -2.58. The molecule has 2 heterocycles. The molecular formula is C14H20N2O3S. The Morgan fingerprint density at radius 1 is 1.50 bits per heavy atom. The van der Waals surface area contributed by atoms with E-state index in [-0.39, 0.29) is 12.5 Å². The summed E-state index contributed by atoms with van der Waals surface area (Å²) in [6, 6.07) is 1.93. The van der Waals surface area contributed by atoms with E-state index in [1.165, 1.54) is 4.88 Å². The van der Waals surface area contributed by atoms with Gasteiger partial charge >= 0.3 is 0 Å². The third kappa shape index (κ3) is 2.86. The van der Waals surface area contributed by atoms with E-state index in [2.05, 4.69) is 13.8 Å². The highest BCUT2D eigenvalue weighted by molar-refractivity contribution is 7.10. The highest BCUT2D eigenvalue weighted by atomic mass is 32.1. The van der Waals surface area contributed by atoms with Crippen molar-refractivity contribution in [2.24, 2.45) is 5.73 Å². The monoisotopic (exact) mass is 296 g/mol. The predicted molar refractivity (Wildman–Crippen MR) is 77.9 cm³/mol. The maximum absolute atomic E-state index is 12.5. The van der Waals surface area contributed by atoms with E-state index in [1.54, 1.807) is 23.2 Å². The Bertz CT molecular complexity index is 526. The Morgan fingerprint density at radius 3 is 2.75 bits per heavy atom. The molecule has 0 aromatic carbocycles. The predicted octanol–water partition coefficient (Wildman–Crippen LogP) is 1.59. The van der Waals surface area contributed by atoms with E-state index in [9.17, 15) is 9.59 Å². The van der Waals surface area contributed by atoms with Gasteiger partial charge in [-0.15, -0.1) is 11.3 Å². The first-order valence-electron chi connectivity index (χ1n) is 6.65. The number of ether oxygens (including phenoxy) is 1. The van der Waals surface area contributed by atoms with Gasteiger partial charge in [-0.05, 0) is 18.9 Å². The lowest BCUT2D eigenvalue weighted by atomic mass is 10.0. The van der Waals surface area contributed by atoms with Crippen LogP contribution >= 0.6 is 11.3 Å². The van der Waals surface area contributed by atoms with Crippen molar-refractivity contribution < 1.29 is 14.3 Å². The number of nitrogens with two attached hydrogens (primary N) is 1. The molecule has 6 heteroatoms. The first-order valence-corrected chi connectivity index (χ1v) is 7.53. The molecule has 0 bridgehead atoms. The van der Waals surface area contributed by atoms with Crippen LogP contribution in [0, 0.1) is 0 Å². The first kappa shape index (κ1) is 15.0. The Morgan fingerprint density at radius 2 is 2.20 bits per heavy atom. The maximum Gasteiger partial charge on any atom is 0.254 e. The van der Waals surface area contributed by atoms with Gasteiger partial charge in [0.1, 0.15) is 0 Å². The van der Waals surface area contributed by atoms with Gasteiger partial charge in [-0.25, -0.2) is 0 Å². The molecule has 1 unspecified atom stereocenters. The molecule has 1 aromatic heterocycles. The summed E-state index contributed by atoms with van der Waals surface area (Å²) in [4.78, 5) is 26.7. The molecule has 2 rings (SSSR count). The molecule has 0 spiro atoms. The summed E-state index contributed by atoms with van der Waals surface area (Å²) >= 11 is 1.59. The van der Waals surface area contributed by atoms with Crippen LogP contribution in [0.1, 0.15) is 41.9 Å². The number of hydrogen-bond acceptors (Lipinski definition) is 4. The maximum atomic E-state index is 12.5. The van der Waals surface area contributed by atoms with Crippen LogP contribution in [0.2, 0.25) is 0 Å². The van der Waals surface area contributed by atoms with Crippen molar-refractivity contribution in [3.8, 4) is 0 Å². The van der Waals surface area contributed by atoms with E-state index < -0.39 is 11.5 Å². The van der Waals surface area contributed by atoms with Crippen molar-refractivity contribution in [3.63, 3.8) is 0 Å². The van der Waals surface area contributed by atoms with Crippen molar-refractivity contribution in [2.75, 3.05) is 19.7 Å². The Labute approximate surface area is 122 Å². The van der Waals surface area contributed by atoms with Crippen LogP contribution in [0.25, 0.3) is 0 Å². The third-order valence-corrected chi connectivity index (χ3v) is 4.75. The van der Waals surface area contributed by atoms with E-state index in [1.807, 2.05) is 11.4 Å². The van der Waals surface area contributed by atoms with Crippen LogP contribution in [0.3, 0.4) is 0 Å². The summed E-state index contributed by atoms with van der Waals surface area (Å²) in [5, 5.41) is 1.87. The largest absolute Gasteiger partial charge is 0.367 e. The molecule has 5 nitrogen and oxygen atoms in total. The molecule has 110 valence electrons. The van der Waals surface area contributed by atoms with Gasteiger partial charge < -0.3 is 15.4 Å². The minimum absolute atomic E-state index is 0.0658. The number of amides is 2. The number of hydrogen-bond donors (Lipinski definition) is 1. The van der Waals surface area contributed by atoms with Gasteiger partial charge in [0.25, 0.3) is 11.8 Å². The molecule has 1 aromatic rings. The van der Waals surface area contributed by atoms with Crippen LogP contribution in [0.5, 0.6) is 0 Å². The summed E-state index contributed by atoms with van der Waals surface area (Å²) in [7, 11) is 0. The number of nitrogens with zero attached hydrogens (tertiary/aromatic N) is 1. The second-order valence-corrected chi connectivity index (χ2v) is 6.51. The smallest absolute Gasteiger partial charge is 0.254 e. The van der Waals surface area contributed by atoms with Gasteiger partial charge in [0.2, 0.25) is 0 Å². The fraction of sp³-hybridized carbons (Fsp3) is 0.571. The quantitative estimate of drug-likeness (QED) is 0.920. The van der Waals surface area contributed by atoms with Crippen molar-refractivity contribution in [1.82, 2.24) is 4.90 Å².